The summed E-state index contributed by atoms with van der Waals surface area (Å²) in [4.78, 5) is 27.0. The number of nitrogens with one attached hydrogen (secondary N) is 1. The van der Waals surface area contributed by atoms with Crippen molar-refractivity contribution < 1.29 is 9.53 Å². The molecule has 3 rings (SSSR count). The van der Waals surface area contributed by atoms with E-state index in [0.29, 0.717) is 30.3 Å². The van der Waals surface area contributed by atoms with Crippen LogP contribution in [0.25, 0.3) is 5.69 Å². The van der Waals surface area contributed by atoms with E-state index in [-0.39, 0.29) is 11.5 Å². The lowest BCUT2D eigenvalue weighted by molar-refractivity contribution is 0.0763. The van der Waals surface area contributed by atoms with Crippen molar-refractivity contribution in [2.24, 2.45) is 0 Å². The Hall–Kier alpha value is -2.34. The van der Waals surface area contributed by atoms with Gasteiger partial charge in [0.25, 0.3) is 11.5 Å². The molecule has 1 N–H and O–H groups in total. The van der Waals surface area contributed by atoms with Crippen LogP contribution in [0.1, 0.15) is 54.2 Å². The monoisotopic (exact) mass is 371 g/mol. The normalized spacial score (nSPS) is 16.6. The molecule has 0 bridgehead atoms. The largest absolute Gasteiger partial charge is 0.378 e. The first-order valence-electron chi connectivity index (χ1n) is 9.79. The molecule has 0 radical (unpaired) electrons. The number of carbonyl (C=O) groups is 1. The Balaban J connectivity index is 1.69. The Morgan fingerprint density at radius 1 is 1.41 bits per heavy atom. The summed E-state index contributed by atoms with van der Waals surface area (Å²) in [5, 5.41) is 3.11. The summed E-state index contributed by atoms with van der Waals surface area (Å²) in [6, 6.07) is 7.22. The third kappa shape index (κ3) is 4.33. The Morgan fingerprint density at radius 3 is 2.89 bits per heavy atom. The van der Waals surface area contributed by atoms with Crippen molar-refractivity contribution in [2.45, 2.75) is 52.1 Å². The van der Waals surface area contributed by atoms with Gasteiger partial charge in [-0.05, 0) is 57.2 Å². The number of benzene rings is 1. The molecule has 0 aliphatic carbocycles. The number of rotatable bonds is 7. The van der Waals surface area contributed by atoms with E-state index in [1.165, 1.54) is 4.68 Å². The highest BCUT2D eigenvalue weighted by Gasteiger charge is 2.17. The highest BCUT2D eigenvalue weighted by molar-refractivity contribution is 5.94. The van der Waals surface area contributed by atoms with E-state index in [9.17, 15) is 9.59 Å². The van der Waals surface area contributed by atoms with Crippen LogP contribution in [0.2, 0.25) is 0 Å². The fourth-order valence-corrected chi connectivity index (χ4v) is 3.71. The van der Waals surface area contributed by atoms with Crippen LogP contribution in [0.5, 0.6) is 0 Å². The molecule has 146 valence electrons. The Labute approximate surface area is 160 Å². The van der Waals surface area contributed by atoms with E-state index in [2.05, 4.69) is 5.10 Å². The molecule has 0 saturated carbocycles. The number of H-pyrrole nitrogens is 1. The summed E-state index contributed by atoms with van der Waals surface area (Å²) >= 11 is 0. The maximum absolute atomic E-state index is 12.8. The smallest absolute Gasteiger partial charge is 0.274 e. The molecular weight excluding hydrogens is 342 g/mol. The van der Waals surface area contributed by atoms with Gasteiger partial charge >= 0.3 is 0 Å². The van der Waals surface area contributed by atoms with Crippen molar-refractivity contribution in [2.75, 3.05) is 20.2 Å². The molecule has 2 heterocycles. The number of hydrogen-bond donors (Lipinski definition) is 1. The first kappa shape index (κ1) is 19.4. The molecule has 1 aromatic carbocycles. The van der Waals surface area contributed by atoms with Gasteiger partial charge in [0.05, 0.1) is 11.8 Å². The van der Waals surface area contributed by atoms with E-state index < -0.39 is 0 Å². The average molecular weight is 371 g/mol. The third-order valence-electron chi connectivity index (χ3n) is 5.29. The van der Waals surface area contributed by atoms with Gasteiger partial charge < -0.3 is 9.64 Å². The number of ether oxygens (including phenoxy) is 1. The number of aromatic amines is 1. The second-order valence-corrected chi connectivity index (χ2v) is 7.26. The summed E-state index contributed by atoms with van der Waals surface area (Å²) in [5.74, 6) is -0.0313. The van der Waals surface area contributed by atoms with Gasteiger partial charge in [-0.3, -0.25) is 14.7 Å². The minimum atomic E-state index is -0.0514. The van der Waals surface area contributed by atoms with Gasteiger partial charge in [0, 0.05) is 37.0 Å². The Bertz CT molecular complexity index is 847. The number of amides is 1. The van der Waals surface area contributed by atoms with E-state index in [0.717, 1.165) is 43.5 Å². The van der Waals surface area contributed by atoms with Gasteiger partial charge in [-0.25, -0.2) is 4.68 Å². The molecular formula is C21H29N3O3. The van der Waals surface area contributed by atoms with Crippen LogP contribution in [0.3, 0.4) is 0 Å². The molecule has 2 aromatic rings. The van der Waals surface area contributed by atoms with Gasteiger partial charge in [-0.15, -0.1) is 0 Å². The molecule has 1 fully saturated rings. The standard InChI is InChI=1S/C21H29N3O3/c1-4-19-15(2)22-24(21(19)26)17-9-5-8-16(14-17)20(25)23(3)12-6-10-18-11-7-13-27-18/h5,8-9,14,18,22H,4,6-7,10-13H2,1-3H3. The lowest BCUT2D eigenvalue weighted by Crippen LogP contribution is -2.28. The number of nitrogens with zero attached hydrogens (tertiary/aromatic N) is 2. The zero-order chi connectivity index (χ0) is 19.4. The fraction of sp³-hybridized carbons (Fsp3) is 0.524. The molecule has 6 nitrogen and oxygen atoms in total. The van der Waals surface area contributed by atoms with E-state index in [1.54, 1.807) is 17.0 Å². The highest BCUT2D eigenvalue weighted by Crippen LogP contribution is 2.17. The van der Waals surface area contributed by atoms with Crippen LogP contribution >= 0.6 is 0 Å². The number of aryl methyl sites for hydroxylation is 1. The van der Waals surface area contributed by atoms with Crippen LogP contribution < -0.4 is 5.56 Å². The lowest BCUT2D eigenvalue weighted by atomic mass is 10.1. The molecule has 0 spiro atoms. The zero-order valence-electron chi connectivity index (χ0n) is 16.5. The van der Waals surface area contributed by atoms with Crippen LogP contribution in [0.4, 0.5) is 0 Å². The fourth-order valence-electron chi connectivity index (χ4n) is 3.71. The molecule has 1 aliphatic heterocycles. The van der Waals surface area contributed by atoms with E-state index in [4.69, 9.17) is 4.74 Å². The second-order valence-electron chi connectivity index (χ2n) is 7.26. The number of carbonyl (C=O) groups excluding carboxylic acids is 1. The summed E-state index contributed by atoms with van der Waals surface area (Å²) in [7, 11) is 1.82. The van der Waals surface area contributed by atoms with Crippen molar-refractivity contribution in [1.29, 1.82) is 0 Å². The first-order chi connectivity index (χ1) is 13.0. The molecule has 1 amide bonds. The number of aromatic nitrogens is 2. The molecule has 1 atom stereocenters. The lowest BCUT2D eigenvalue weighted by Gasteiger charge is -2.18. The van der Waals surface area contributed by atoms with Crippen LogP contribution in [-0.4, -0.2) is 46.9 Å². The highest BCUT2D eigenvalue weighted by atomic mass is 16.5. The average Bonchev–Trinajstić information content (AvgIpc) is 3.28. The predicted octanol–water partition coefficient (Wildman–Crippen LogP) is 3.07. The van der Waals surface area contributed by atoms with E-state index >= 15 is 0 Å². The third-order valence-corrected chi connectivity index (χ3v) is 5.29. The van der Waals surface area contributed by atoms with E-state index in [1.807, 2.05) is 33.0 Å². The predicted molar refractivity (Wildman–Crippen MR) is 106 cm³/mol. The summed E-state index contributed by atoms with van der Waals surface area (Å²) in [6.45, 7) is 5.43. The van der Waals surface area contributed by atoms with Gasteiger partial charge in [0.1, 0.15) is 0 Å². The summed E-state index contributed by atoms with van der Waals surface area (Å²) in [5.41, 5.74) is 2.86. The maximum atomic E-state index is 12.8. The topological polar surface area (TPSA) is 67.3 Å². The minimum Gasteiger partial charge on any atom is -0.378 e. The zero-order valence-corrected chi connectivity index (χ0v) is 16.5. The molecule has 6 heteroatoms. The molecule has 1 saturated heterocycles. The van der Waals surface area contributed by atoms with Crippen molar-refractivity contribution in [3.63, 3.8) is 0 Å². The molecule has 1 aliphatic rings. The minimum absolute atomic E-state index is 0.0313. The SMILES string of the molecule is CCc1c(C)[nH]n(-c2cccc(C(=O)N(C)CCCC3CCCO3)c2)c1=O. The van der Waals surface area contributed by atoms with Gasteiger partial charge in [-0.1, -0.05) is 13.0 Å². The van der Waals surface area contributed by atoms with Crippen LogP contribution in [0.15, 0.2) is 29.1 Å². The van der Waals surface area contributed by atoms with Gasteiger partial charge in [0.15, 0.2) is 0 Å². The molecule has 1 aromatic heterocycles. The van der Waals surface area contributed by atoms with Gasteiger partial charge in [-0.2, -0.15) is 0 Å². The number of hydrogen-bond acceptors (Lipinski definition) is 3. The Kier molecular flexibility index (Phi) is 6.16. The molecule has 27 heavy (non-hydrogen) atoms. The molecule has 1 unspecified atom stereocenters. The van der Waals surface area contributed by atoms with Crippen molar-refractivity contribution >= 4 is 5.91 Å². The maximum Gasteiger partial charge on any atom is 0.274 e. The quantitative estimate of drug-likeness (QED) is 0.813. The van der Waals surface area contributed by atoms with Crippen molar-refractivity contribution in [3.8, 4) is 5.69 Å². The first-order valence-corrected chi connectivity index (χ1v) is 9.79. The summed E-state index contributed by atoms with van der Waals surface area (Å²) < 4.78 is 7.15. The van der Waals surface area contributed by atoms with Crippen LogP contribution in [0, 0.1) is 6.92 Å². The van der Waals surface area contributed by atoms with Crippen LogP contribution in [-0.2, 0) is 11.2 Å². The van der Waals surface area contributed by atoms with Crippen molar-refractivity contribution in [3.05, 3.63) is 51.4 Å². The van der Waals surface area contributed by atoms with Gasteiger partial charge in [0.2, 0.25) is 0 Å². The Morgan fingerprint density at radius 2 is 2.22 bits per heavy atom. The van der Waals surface area contributed by atoms with Crippen molar-refractivity contribution in [1.82, 2.24) is 14.7 Å². The second kappa shape index (κ2) is 8.57. The summed E-state index contributed by atoms with van der Waals surface area (Å²) in [6.07, 6.45) is 5.23.